The van der Waals surface area contributed by atoms with E-state index in [9.17, 15) is 19.7 Å². The molecule has 3 unspecified atom stereocenters. The van der Waals surface area contributed by atoms with Crippen molar-refractivity contribution in [2.24, 2.45) is 0 Å². The molecule has 2 aliphatic heterocycles. The highest BCUT2D eigenvalue weighted by molar-refractivity contribution is 6.13. The minimum atomic E-state index is -1.07. The van der Waals surface area contributed by atoms with Gasteiger partial charge in [-0.05, 0) is 19.1 Å². The summed E-state index contributed by atoms with van der Waals surface area (Å²) in [5.41, 5.74) is 6.14. The maximum Gasteiger partial charge on any atom is 0.355 e. The normalized spacial score (nSPS) is 30.5. The number of nitrogens with zero attached hydrogens (tertiary/aromatic N) is 2. The van der Waals surface area contributed by atoms with Crippen molar-refractivity contribution in [3.05, 3.63) is 45.5 Å². The molecule has 2 aliphatic rings. The van der Waals surface area contributed by atoms with Gasteiger partial charge >= 0.3 is 11.8 Å². The van der Waals surface area contributed by atoms with Crippen LogP contribution >= 0.6 is 0 Å². The van der Waals surface area contributed by atoms with Gasteiger partial charge in [0.2, 0.25) is 6.17 Å². The molecule has 3 rings (SSSR count). The van der Waals surface area contributed by atoms with Crippen LogP contribution in [0.5, 0.6) is 0 Å². The SMILES string of the molecule is CC1NNC([N+]2(C)C(=O)c3ccccc3C2=O)C1[N+](=O)[O-]. The van der Waals surface area contributed by atoms with Gasteiger partial charge in [-0.25, -0.2) is 15.0 Å². The van der Waals surface area contributed by atoms with Gasteiger partial charge in [-0.2, -0.15) is 9.91 Å². The minimum absolute atomic E-state index is 0.313. The first-order valence-electron chi connectivity index (χ1n) is 6.58. The standard InChI is InChI=1S/C13H15N4O4/c1-7-10(16(20)21)11(15-14-7)17(2)12(18)8-5-3-4-6-9(8)13(17)19/h3-7,10-11,14-15H,1-2H3/q+1. The van der Waals surface area contributed by atoms with Crippen LogP contribution in [-0.4, -0.2) is 46.5 Å². The Labute approximate surface area is 120 Å². The Hall–Kier alpha value is -2.16. The number of amides is 2. The molecule has 1 fully saturated rings. The van der Waals surface area contributed by atoms with Crippen molar-refractivity contribution in [1.82, 2.24) is 10.9 Å². The summed E-state index contributed by atoms with van der Waals surface area (Å²) in [6.07, 6.45) is -0.942. The zero-order valence-electron chi connectivity index (χ0n) is 11.6. The summed E-state index contributed by atoms with van der Waals surface area (Å²) in [5.74, 6) is -0.841. The van der Waals surface area contributed by atoms with E-state index in [1.54, 1.807) is 31.2 Å². The second kappa shape index (κ2) is 4.42. The lowest BCUT2D eigenvalue weighted by Gasteiger charge is -2.30. The average molecular weight is 291 g/mol. The van der Waals surface area contributed by atoms with Crippen molar-refractivity contribution >= 4 is 11.8 Å². The minimum Gasteiger partial charge on any atom is -0.264 e. The van der Waals surface area contributed by atoms with E-state index >= 15 is 0 Å². The van der Waals surface area contributed by atoms with Crippen molar-refractivity contribution < 1.29 is 19.0 Å². The fourth-order valence-corrected chi connectivity index (χ4v) is 3.09. The third-order valence-electron chi connectivity index (χ3n) is 4.33. The van der Waals surface area contributed by atoms with Crippen LogP contribution in [0.3, 0.4) is 0 Å². The van der Waals surface area contributed by atoms with Crippen molar-refractivity contribution in [2.75, 3.05) is 7.05 Å². The monoisotopic (exact) mass is 291 g/mol. The summed E-state index contributed by atoms with van der Waals surface area (Å²) in [6.45, 7) is 1.64. The van der Waals surface area contributed by atoms with Gasteiger partial charge in [0.05, 0.1) is 24.2 Å². The van der Waals surface area contributed by atoms with E-state index in [4.69, 9.17) is 0 Å². The van der Waals surface area contributed by atoms with Crippen LogP contribution in [0, 0.1) is 10.1 Å². The lowest BCUT2D eigenvalue weighted by atomic mass is 10.1. The van der Waals surface area contributed by atoms with Gasteiger partial charge in [0.1, 0.15) is 0 Å². The van der Waals surface area contributed by atoms with Crippen LogP contribution in [0.1, 0.15) is 27.6 Å². The number of quaternary nitrogens is 1. The zero-order valence-corrected chi connectivity index (χ0v) is 11.6. The van der Waals surface area contributed by atoms with E-state index in [0.29, 0.717) is 11.1 Å². The molecule has 1 saturated heterocycles. The smallest absolute Gasteiger partial charge is 0.264 e. The molecule has 2 N–H and O–H groups in total. The molecular weight excluding hydrogens is 276 g/mol. The fourth-order valence-electron chi connectivity index (χ4n) is 3.09. The van der Waals surface area contributed by atoms with Crippen LogP contribution in [-0.2, 0) is 0 Å². The van der Waals surface area contributed by atoms with Crippen molar-refractivity contribution in [3.8, 4) is 0 Å². The number of imide groups is 1. The number of hydrazine groups is 1. The predicted octanol–water partition coefficient (Wildman–Crippen LogP) is -0.105. The van der Waals surface area contributed by atoms with Gasteiger partial charge in [-0.1, -0.05) is 12.1 Å². The maximum absolute atomic E-state index is 12.7. The molecule has 0 saturated carbocycles. The highest BCUT2D eigenvalue weighted by Gasteiger charge is 2.63. The summed E-state index contributed by atoms with van der Waals surface area (Å²) in [6, 6.07) is 4.95. The molecule has 0 bridgehead atoms. The number of rotatable bonds is 2. The average Bonchev–Trinajstić information content (AvgIpc) is 2.94. The summed E-state index contributed by atoms with van der Waals surface area (Å²) in [7, 11) is 1.43. The molecular formula is C13H15N4O4+. The number of hydrogen-bond acceptors (Lipinski definition) is 6. The number of carbonyl (C=O) groups is 2. The Bertz CT molecular complexity index is 624. The van der Waals surface area contributed by atoms with E-state index in [1.807, 2.05) is 0 Å². The van der Waals surface area contributed by atoms with Crippen LogP contribution < -0.4 is 10.9 Å². The van der Waals surface area contributed by atoms with E-state index in [1.165, 1.54) is 7.05 Å². The van der Waals surface area contributed by atoms with Gasteiger partial charge in [0.25, 0.3) is 6.04 Å². The molecule has 110 valence electrons. The fraction of sp³-hybridized carbons (Fsp3) is 0.385. The van der Waals surface area contributed by atoms with E-state index < -0.39 is 39.5 Å². The second-order valence-corrected chi connectivity index (χ2v) is 5.53. The van der Waals surface area contributed by atoms with Crippen LogP contribution in [0.2, 0.25) is 0 Å². The maximum atomic E-state index is 12.7. The van der Waals surface area contributed by atoms with Crippen molar-refractivity contribution in [1.29, 1.82) is 0 Å². The molecule has 2 heterocycles. The van der Waals surface area contributed by atoms with Crippen molar-refractivity contribution in [2.45, 2.75) is 25.2 Å². The summed E-state index contributed by atoms with van der Waals surface area (Å²) in [5, 5.41) is 11.3. The number of nitro groups is 1. The molecule has 1 aromatic carbocycles. The van der Waals surface area contributed by atoms with Gasteiger partial charge in [0, 0.05) is 4.92 Å². The number of nitrogens with one attached hydrogen (secondary N) is 2. The number of benzene rings is 1. The Kier molecular flexibility index (Phi) is 2.90. The Balaban J connectivity index is 2.09. The number of fused-ring (bicyclic) bond motifs is 1. The molecule has 0 spiro atoms. The third kappa shape index (κ3) is 1.67. The summed E-state index contributed by atoms with van der Waals surface area (Å²) < 4.78 is -0.664. The van der Waals surface area contributed by atoms with Gasteiger partial charge < -0.3 is 0 Å². The molecule has 2 amide bonds. The van der Waals surface area contributed by atoms with E-state index in [2.05, 4.69) is 10.9 Å². The molecule has 1 aromatic rings. The van der Waals surface area contributed by atoms with Gasteiger partial charge in [-0.15, -0.1) is 0 Å². The van der Waals surface area contributed by atoms with E-state index in [-0.39, 0.29) is 0 Å². The van der Waals surface area contributed by atoms with Crippen molar-refractivity contribution in [3.63, 3.8) is 0 Å². The first kappa shape index (κ1) is 13.8. The largest absolute Gasteiger partial charge is 0.355 e. The van der Waals surface area contributed by atoms with Crippen LogP contribution in [0.4, 0.5) is 0 Å². The number of carbonyl (C=O) groups excluding carboxylic acids is 2. The molecule has 8 nitrogen and oxygen atoms in total. The highest BCUT2D eigenvalue weighted by atomic mass is 16.6. The first-order chi connectivity index (χ1) is 9.89. The zero-order chi connectivity index (χ0) is 15.4. The highest BCUT2D eigenvalue weighted by Crippen LogP contribution is 2.33. The van der Waals surface area contributed by atoms with Gasteiger partial charge in [0.15, 0.2) is 0 Å². The number of likely N-dealkylation sites (N-methyl/N-ethyl adjacent to an activating group) is 1. The molecule has 0 aliphatic carbocycles. The molecule has 0 aromatic heterocycles. The third-order valence-corrected chi connectivity index (χ3v) is 4.33. The lowest BCUT2D eigenvalue weighted by Crippen LogP contribution is -2.65. The quantitative estimate of drug-likeness (QED) is 0.341. The van der Waals surface area contributed by atoms with Crippen LogP contribution in [0.15, 0.2) is 24.3 Å². The van der Waals surface area contributed by atoms with Crippen LogP contribution in [0.25, 0.3) is 0 Å². The summed E-state index contributed by atoms with van der Waals surface area (Å²) >= 11 is 0. The van der Waals surface area contributed by atoms with E-state index in [0.717, 1.165) is 0 Å². The lowest BCUT2D eigenvalue weighted by molar-refractivity contribution is -0.794. The molecule has 21 heavy (non-hydrogen) atoms. The molecule has 3 atom stereocenters. The Morgan fingerprint density at radius 3 is 2.14 bits per heavy atom. The Morgan fingerprint density at radius 2 is 1.67 bits per heavy atom. The summed E-state index contributed by atoms with van der Waals surface area (Å²) in [4.78, 5) is 36.2. The second-order valence-electron chi connectivity index (χ2n) is 5.53. The predicted molar refractivity (Wildman–Crippen MR) is 71.6 cm³/mol. The van der Waals surface area contributed by atoms with Gasteiger partial charge in [-0.3, -0.25) is 10.1 Å². The number of hydrogen-bond donors (Lipinski definition) is 2. The molecule has 0 radical (unpaired) electrons. The Morgan fingerprint density at radius 1 is 1.14 bits per heavy atom. The topological polar surface area (TPSA) is 101 Å². The molecule has 8 heteroatoms. The first-order valence-corrected chi connectivity index (χ1v) is 6.58.